The molecule has 3 rings (SSSR count). The van der Waals surface area contributed by atoms with Crippen LogP contribution in [0.2, 0.25) is 0 Å². The third-order valence-corrected chi connectivity index (χ3v) is 6.00. The number of carbonyl (C=O) groups excluding carboxylic acids is 1. The summed E-state index contributed by atoms with van der Waals surface area (Å²) in [6.45, 7) is 12.6. The summed E-state index contributed by atoms with van der Waals surface area (Å²) in [5.74, 6) is 1.63. The van der Waals surface area contributed by atoms with Crippen LogP contribution in [-0.2, 0) is 17.8 Å². The molecule has 1 N–H and O–H groups in total. The topological polar surface area (TPSA) is 80.1 Å². The molecule has 1 fully saturated rings. The van der Waals surface area contributed by atoms with Crippen molar-refractivity contribution in [2.24, 2.45) is 5.92 Å². The summed E-state index contributed by atoms with van der Waals surface area (Å²) in [4.78, 5) is 21.5. The SMILES string of the molecule is COc1cccc(CN(Cc2nc(C(=O)NCCN3CCOCC3)co2)[C@H](C)C(C)C)c1. The van der Waals surface area contributed by atoms with E-state index in [0.29, 0.717) is 36.6 Å². The molecule has 0 radical (unpaired) electrons. The van der Waals surface area contributed by atoms with Gasteiger partial charge in [0.2, 0.25) is 5.89 Å². The van der Waals surface area contributed by atoms with E-state index in [1.54, 1.807) is 7.11 Å². The first-order valence-electron chi connectivity index (χ1n) is 11.4. The smallest absolute Gasteiger partial charge is 0.273 e. The van der Waals surface area contributed by atoms with Crippen LogP contribution in [0.1, 0.15) is 42.7 Å². The highest BCUT2D eigenvalue weighted by atomic mass is 16.5. The minimum atomic E-state index is -0.204. The first-order chi connectivity index (χ1) is 15.5. The van der Waals surface area contributed by atoms with Crippen LogP contribution < -0.4 is 10.1 Å². The van der Waals surface area contributed by atoms with Crippen molar-refractivity contribution in [3.63, 3.8) is 0 Å². The van der Waals surface area contributed by atoms with E-state index in [-0.39, 0.29) is 5.91 Å². The molecule has 1 aromatic carbocycles. The van der Waals surface area contributed by atoms with Gasteiger partial charge in [-0.15, -0.1) is 0 Å². The third-order valence-electron chi connectivity index (χ3n) is 6.00. The van der Waals surface area contributed by atoms with Crippen LogP contribution in [-0.4, -0.2) is 73.2 Å². The van der Waals surface area contributed by atoms with E-state index in [1.165, 1.54) is 6.26 Å². The molecular weight excluding hydrogens is 408 g/mol. The molecule has 0 unspecified atom stereocenters. The number of benzene rings is 1. The maximum absolute atomic E-state index is 12.5. The summed E-state index contributed by atoms with van der Waals surface area (Å²) >= 11 is 0. The Hall–Kier alpha value is -2.42. The minimum absolute atomic E-state index is 0.204. The highest BCUT2D eigenvalue weighted by molar-refractivity contribution is 5.91. The average molecular weight is 445 g/mol. The summed E-state index contributed by atoms with van der Waals surface area (Å²) in [6.07, 6.45) is 1.45. The Morgan fingerprint density at radius 1 is 1.25 bits per heavy atom. The number of hydrogen-bond acceptors (Lipinski definition) is 7. The number of oxazole rings is 1. The van der Waals surface area contributed by atoms with E-state index in [1.807, 2.05) is 18.2 Å². The van der Waals surface area contributed by atoms with E-state index >= 15 is 0 Å². The van der Waals surface area contributed by atoms with Gasteiger partial charge in [-0.1, -0.05) is 26.0 Å². The quantitative estimate of drug-likeness (QED) is 0.571. The van der Waals surface area contributed by atoms with Crippen molar-refractivity contribution in [1.29, 1.82) is 0 Å². The summed E-state index contributed by atoms with van der Waals surface area (Å²) < 4.78 is 16.4. The number of aromatic nitrogens is 1. The molecule has 0 bridgehead atoms. The average Bonchev–Trinajstić information content (AvgIpc) is 3.27. The van der Waals surface area contributed by atoms with Gasteiger partial charge in [0.15, 0.2) is 5.69 Å². The van der Waals surface area contributed by atoms with Gasteiger partial charge in [0, 0.05) is 38.8 Å². The molecular formula is C24H36N4O4. The molecule has 1 saturated heterocycles. The normalized spacial score (nSPS) is 15.8. The first-order valence-corrected chi connectivity index (χ1v) is 11.4. The van der Waals surface area contributed by atoms with Gasteiger partial charge < -0.3 is 19.2 Å². The van der Waals surface area contributed by atoms with Gasteiger partial charge in [0.1, 0.15) is 12.0 Å². The number of hydrogen-bond donors (Lipinski definition) is 1. The zero-order valence-corrected chi connectivity index (χ0v) is 19.7. The summed E-state index contributed by atoms with van der Waals surface area (Å²) in [5, 5.41) is 2.93. The zero-order chi connectivity index (χ0) is 22.9. The van der Waals surface area contributed by atoms with Crippen molar-refractivity contribution in [1.82, 2.24) is 20.1 Å². The van der Waals surface area contributed by atoms with Crippen molar-refractivity contribution in [3.8, 4) is 5.75 Å². The van der Waals surface area contributed by atoms with Crippen LogP contribution in [0.5, 0.6) is 5.75 Å². The van der Waals surface area contributed by atoms with Crippen molar-refractivity contribution < 1.29 is 18.7 Å². The Bertz CT molecular complexity index is 848. The molecule has 176 valence electrons. The molecule has 2 heterocycles. The Labute approximate surface area is 190 Å². The fraction of sp³-hybridized carbons (Fsp3) is 0.583. The highest BCUT2D eigenvalue weighted by Crippen LogP contribution is 2.20. The fourth-order valence-corrected chi connectivity index (χ4v) is 3.68. The summed E-state index contributed by atoms with van der Waals surface area (Å²) in [7, 11) is 1.67. The largest absolute Gasteiger partial charge is 0.497 e. The number of nitrogens with zero attached hydrogens (tertiary/aromatic N) is 3. The van der Waals surface area contributed by atoms with E-state index in [2.05, 4.69) is 46.9 Å². The maximum Gasteiger partial charge on any atom is 0.273 e. The lowest BCUT2D eigenvalue weighted by Gasteiger charge is -2.30. The summed E-state index contributed by atoms with van der Waals surface area (Å²) in [5.41, 5.74) is 1.48. The predicted octanol–water partition coefficient (Wildman–Crippen LogP) is 2.79. The highest BCUT2D eigenvalue weighted by Gasteiger charge is 2.21. The Morgan fingerprint density at radius 3 is 2.75 bits per heavy atom. The Balaban J connectivity index is 1.58. The molecule has 1 atom stereocenters. The van der Waals surface area contributed by atoms with Crippen LogP contribution in [0, 0.1) is 5.92 Å². The van der Waals surface area contributed by atoms with Gasteiger partial charge in [-0.2, -0.15) is 0 Å². The summed E-state index contributed by atoms with van der Waals surface area (Å²) in [6, 6.07) is 8.38. The number of amides is 1. The predicted molar refractivity (Wildman–Crippen MR) is 123 cm³/mol. The van der Waals surface area contributed by atoms with Gasteiger partial charge in [-0.25, -0.2) is 4.98 Å². The second-order valence-electron chi connectivity index (χ2n) is 8.58. The molecule has 2 aromatic rings. The van der Waals surface area contributed by atoms with Crippen LogP contribution in [0.4, 0.5) is 0 Å². The fourth-order valence-electron chi connectivity index (χ4n) is 3.68. The third kappa shape index (κ3) is 7.05. The minimum Gasteiger partial charge on any atom is -0.497 e. The van der Waals surface area contributed by atoms with E-state index < -0.39 is 0 Å². The molecule has 1 aromatic heterocycles. The lowest BCUT2D eigenvalue weighted by atomic mass is 10.0. The van der Waals surface area contributed by atoms with Gasteiger partial charge in [-0.3, -0.25) is 14.6 Å². The van der Waals surface area contributed by atoms with Crippen molar-refractivity contribution in [2.75, 3.05) is 46.5 Å². The Kier molecular flexibility index (Phi) is 9.08. The number of carbonyl (C=O) groups is 1. The number of nitrogens with one attached hydrogen (secondary N) is 1. The lowest BCUT2D eigenvalue weighted by molar-refractivity contribution is 0.0383. The molecule has 0 aliphatic carbocycles. The van der Waals surface area contributed by atoms with Gasteiger partial charge in [0.05, 0.1) is 26.9 Å². The molecule has 0 spiro atoms. The number of morpholine rings is 1. The molecule has 1 aliphatic rings. The maximum atomic E-state index is 12.5. The number of methoxy groups -OCH3 is 1. The van der Waals surface area contributed by atoms with Gasteiger partial charge in [0.25, 0.3) is 5.91 Å². The van der Waals surface area contributed by atoms with E-state index in [0.717, 1.165) is 50.7 Å². The van der Waals surface area contributed by atoms with Crippen molar-refractivity contribution >= 4 is 5.91 Å². The van der Waals surface area contributed by atoms with Crippen LogP contribution >= 0.6 is 0 Å². The zero-order valence-electron chi connectivity index (χ0n) is 19.7. The monoisotopic (exact) mass is 444 g/mol. The molecule has 1 aliphatic heterocycles. The standard InChI is InChI=1S/C24H36N4O4/c1-18(2)19(3)28(15-20-6-5-7-21(14-20)30-4)16-23-26-22(17-32-23)24(29)25-8-9-27-10-12-31-13-11-27/h5-7,14,17-19H,8-13,15-16H2,1-4H3,(H,25,29)/t19-/m1/s1. The van der Waals surface area contributed by atoms with E-state index in [9.17, 15) is 4.79 Å². The second-order valence-corrected chi connectivity index (χ2v) is 8.58. The van der Waals surface area contributed by atoms with Crippen LogP contribution in [0.15, 0.2) is 34.9 Å². The molecule has 32 heavy (non-hydrogen) atoms. The van der Waals surface area contributed by atoms with Crippen LogP contribution in [0.3, 0.4) is 0 Å². The van der Waals surface area contributed by atoms with Crippen molar-refractivity contribution in [2.45, 2.75) is 39.9 Å². The Morgan fingerprint density at radius 2 is 2.03 bits per heavy atom. The number of rotatable bonds is 11. The lowest BCUT2D eigenvalue weighted by Crippen LogP contribution is -2.41. The molecule has 0 saturated carbocycles. The van der Waals surface area contributed by atoms with Crippen molar-refractivity contribution in [3.05, 3.63) is 47.7 Å². The van der Waals surface area contributed by atoms with Gasteiger partial charge >= 0.3 is 0 Å². The van der Waals surface area contributed by atoms with Gasteiger partial charge in [-0.05, 0) is 30.5 Å². The molecule has 8 heteroatoms. The first kappa shape index (κ1) is 24.2. The molecule has 8 nitrogen and oxygen atoms in total. The van der Waals surface area contributed by atoms with E-state index in [4.69, 9.17) is 13.9 Å². The molecule has 1 amide bonds. The number of ether oxygens (including phenoxy) is 2. The van der Waals surface area contributed by atoms with Crippen LogP contribution in [0.25, 0.3) is 0 Å². The second kappa shape index (κ2) is 12.0.